The molecule has 0 aliphatic carbocycles. The molecule has 2 N–H and O–H groups in total. The molecular weight excluding hydrogens is 454 g/mol. The number of methoxy groups -OCH3 is 2. The molecule has 34 heavy (non-hydrogen) atoms. The van der Waals surface area contributed by atoms with Gasteiger partial charge in [-0.2, -0.15) is 4.31 Å². The normalized spacial score (nSPS) is 20.4. The minimum atomic E-state index is -3.62. The number of benzene rings is 2. The van der Waals surface area contributed by atoms with Crippen molar-refractivity contribution in [2.45, 2.75) is 29.2 Å². The lowest BCUT2D eigenvalue weighted by atomic mass is 9.69. The summed E-state index contributed by atoms with van der Waals surface area (Å²) in [6.07, 6.45) is 1.39. The topological polar surface area (TPSA) is 93.0 Å². The van der Waals surface area contributed by atoms with Crippen LogP contribution in [-0.2, 0) is 22.5 Å². The highest BCUT2D eigenvalue weighted by Gasteiger charge is 2.46. The van der Waals surface area contributed by atoms with Gasteiger partial charge >= 0.3 is 0 Å². The number of aromatic nitrogens is 1. The average molecular weight is 486 g/mol. The summed E-state index contributed by atoms with van der Waals surface area (Å²) in [5.74, 6) is 1.31. The zero-order valence-electron chi connectivity index (χ0n) is 19.7. The summed E-state index contributed by atoms with van der Waals surface area (Å²) in [6.45, 7) is 1.55. The van der Waals surface area contributed by atoms with Gasteiger partial charge in [-0.3, -0.25) is 0 Å². The second kappa shape index (κ2) is 8.57. The largest absolute Gasteiger partial charge is 0.497 e. The summed E-state index contributed by atoms with van der Waals surface area (Å²) in [5, 5.41) is 14.8. The van der Waals surface area contributed by atoms with Crippen molar-refractivity contribution >= 4 is 20.9 Å². The van der Waals surface area contributed by atoms with E-state index < -0.39 is 10.0 Å². The first-order valence-corrected chi connectivity index (χ1v) is 12.9. The zero-order valence-corrected chi connectivity index (χ0v) is 20.6. The highest BCUT2D eigenvalue weighted by atomic mass is 32.2. The molecule has 5 rings (SSSR count). The van der Waals surface area contributed by atoms with Crippen LogP contribution in [-0.4, -0.2) is 62.9 Å². The van der Waals surface area contributed by atoms with Crippen LogP contribution in [0.2, 0.25) is 0 Å². The summed E-state index contributed by atoms with van der Waals surface area (Å²) < 4.78 is 41.1. The van der Waals surface area contributed by atoms with E-state index in [9.17, 15) is 13.5 Å². The van der Waals surface area contributed by atoms with E-state index in [-0.39, 0.29) is 23.0 Å². The molecule has 1 spiro atoms. The predicted octanol–water partition coefficient (Wildman–Crippen LogP) is 2.55. The van der Waals surface area contributed by atoms with Crippen LogP contribution in [0.4, 0.5) is 0 Å². The molecule has 0 saturated carbocycles. The van der Waals surface area contributed by atoms with Gasteiger partial charge in [0, 0.05) is 55.3 Å². The quantitative estimate of drug-likeness (QED) is 0.577. The van der Waals surface area contributed by atoms with Gasteiger partial charge in [-0.25, -0.2) is 8.42 Å². The van der Waals surface area contributed by atoms with Gasteiger partial charge < -0.3 is 24.5 Å². The summed E-state index contributed by atoms with van der Waals surface area (Å²) in [5.41, 5.74) is 3.14. The highest BCUT2D eigenvalue weighted by molar-refractivity contribution is 7.89. The Balaban J connectivity index is 1.52. The third-order valence-corrected chi connectivity index (χ3v) is 9.44. The van der Waals surface area contributed by atoms with Gasteiger partial charge in [-0.15, -0.1) is 0 Å². The molecule has 1 aromatic heterocycles. The molecule has 0 amide bonds. The molecule has 1 saturated heterocycles. The first-order chi connectivity index (χ1) is 16.3. The van der Waals surface area contributed by atoms with Crippen molar-refractivity contribution in [2.24, 2.45) is 7.05 Å². The van der Waals surface area contributed by atoms with E-state index in [1.807, 2.05) is 19.2 Å². The van der Waals surface area contributed by atoms with Crippen LogP contribution in [0.1, 0.15) is 30.1 Å². The van der Waals surface area contributed by atoms with Crippen LogP contribution in [0.15, 0.2) is 47.4 Å². The number of aliphatic hydroxyl groups is 1. The summed E-state index contributed by atoms with van der Waals surface area (Å²) >= 11 is 0. The molecule has 8 nitrogen and oxygen atoms in total. The van der Waals surface area contributed by atoms with Crippen LogP contribution in [0.5, 0.6) is 11.5 Å². The number of hydrogen-bond donors (Lipinski definition) is 2. The van der Waals surface area contributed by atoms with Crippen LogP contribution in [0.3, 0.4) is 0 Å². The Bertz CT molecular complexity index is 1330. The zero-order chi connectivity index (χ0) is 24.1. The fourth-order valence-corrected chi connectivity index (χ4v) is 7.15. The molecule has 182 valence electrons. The number of ether oxygens (including phenoxy) is 2. The molecule has 1 atom stereocenters. The predicted molar refractivity (Wildman–Crippen MR) is 130 cm³/mol. The standard InChI is InChI=1S/C25H31N3O5S/c1-27-22-14-18(33-3)7-8-20(22)23-24(27)21(15-29)26-16-25(23)9-11-28(12-10-25)34(30,31)19-6-4-5-17(13-19)32-2/h4-8,13-14,21,26,29H,9-12,15-16H2,1-3H3/t21-/m1/s1. The van der Waals surface area contributed by atoms with Gasteiger partial charge in [0.05, 0.1) is 37.3 Å². The number of aryl methyl sites for hydroxylation is 1. The maximum atomic E-state index is 13.4. The molecule has 3 heterocycles. The van der Waals surface area contributed by atoms with Crippen LogP contribution in [0.25, 0.3) is 10.9 Å². The lowest BCUT2D eigenvalue weighted by Gasteiger charge is -2.46. The molecule has 3 aromatic rings. The Hall–Kier alpha value is -2.59. The second-order valence-electron chi connectivity index (χ2n) is 9.18. The van der Waals surface area contributed by atoms with Crippen molar-refractivity contribution in [3.05, 3.63) is 53.7 Å². The number of aliphatic hydroxyl groups excluding tert-OH is 1. The molecule has 9 heteroatoms. The molecule has 1 fully saturated rings. The van der Waals surface area contributed by atoms with Gasteiger partial charge in [0.25, 0.3) is 0 Å². The minimum Gasteiger partial charge on any atom is -0.497 e. The van der Waals surface area contributed by atoms with Gasteiger partial charge in [0.2, 0.25) is 10.0 Å². The minimum absolute atomic E-state index is 0.000715. The lowest BCUT2D eigenvalue weighted by molar-refractivity contribution is 0.176. The third-order valence-electron chi connectivity index (χ3n) is 7.54. The van der Waals surface area contributed by atoms with E-state index in [0.29, 0.717) is 38.2 Å². The number of piperidine rings is 1. The molecule has 2 aromatic carbocycles. The molecule has 2 aliphatic heterocycles. The second-order valence-corrected chi connectivity index (χ2v) is 11.1. The SMILES string of the molecule is COc1cccc(S(=O)(=O)N2CCC3(CC2)CN[C@H](CO)c2c3c3ccc(OC)cc3n2C)c1. The van der Waals surface area contributed by atoms with Crippen molar-refractivity contribution in [1.29, 1.82) is 0 Å². The van der Waals surface area contributed by atoms with Crippen molar-refractivity contribution in [3.8, 4) is 11.5 Å². The van der Waals surface area contributed by atoms with Crippen molar-refractivity contribution < 1.29 is 23.0 Å². The molecule has 0 radical (unpaired) electrons. The van der Waals surface area contributed by atoms with E-state index in [1.54, 1.807) is 35.7 Å². The Kier molecular flexibility index (Phi) is 5.84. The van der Waals surface area contributed by atoms with Crippen molar-refractivity contribution in [2.75, 3.05) is 40.5 Å². The number of hydrogen-bond acceptors (Lipinski definition) is 6. The van der Waals surface area contributed by atoms with Gasteiger partial charge in [-0.1, -0.05) is 6.07 Å². The van der Waals surface area contributed by atoms with Gasteiger partial charge in [0.1, 0.15) is 11.5 Å². The Morgan fingerprint density at radius 3 is 2.47 bits per heavy atom. The third kappa shape index (κ3) is 3.50. The summed E-state index contributed by atoms with van der Waals surface area (Å²) in [7, 11) is 1.59. The maximum Gasteiger partial charge on any atom is 0.243 e. The van der Waals surface area contributed by atoms with Crippen LogP contribution < -0.4 is 14.8 Å². The van der Waals surface area contributed by atoms with E-state index in [1.165, 1.54) is 12.7 Å². The van der Waals surface area contributed by atoms with E-state index in [0.717, 1.165) is 22.3 Å². The van der Waals surface area contributed by atoms with E-state index >= 15 is 0 Å². The lowest BCUT2D eigenvalue weighted by Crippen LogP contribution is -2.53. The van der Waals surface area contributed by atoms with E-state index in [4.69, 9.17) is 9.47 Å². The number of nitrogens with one attached hydrogen (secondary N) is 1. The Morgan fingerprint density at radius 1 is 1.09 bits per heavy atom. The Morgan fingerprint density at radius 2 is 1.79 bits per heavy atom. The molecular formula is C25H31N3O5S. The smallest absolute Gasteiger partial charge is 0.243 e. The number of sulfonamides is 1. The number of nitrogens with zero attached hydrogens (tertiary/aromatic N) is 2. The summed E-state index contributed by atoms with van der Waals surface area (Å²) in [6, 6.07) is 12.6. The van der Waals surface area contributed by atoms with Crippen molar-refractivity contribution in [3.63, 3.8) is 0 Å². The monoisotopic (exact) mass is 485 g/mol. The molecule has 2 aliphatic rings. The Labute approximate surface area is 200 Å². The molecule has 0 unspecified atom stereocenters. The number of fused-ring (bicyclic) bond motifs is 4. The average Bonchev–Trinajstić information content (AvgIpc) is 3.17. The first kappa shape index (κ1) is 23.2. The van der Waals surface area contributed by atoms with Crippen molar-refractivity contribution in [1.82, 2.24) is 14.2 Å². The van der Waals surface area contributed by atoms with Gasteiger partial charge in [0.15, 0.2) is 0 Å². The van der Waals surface area contributed by atoms with Crippen LogP contribution in [0, 0.1) is 0 Å². The molecule has 0 bridgehead atoms. The van der Waals surface area contributed by atoms with Gasteiger partial charge in [-0.05, 0) is 42.7 Å². The first-order valence-electron chi connectivity index (χ1n) is 11.5. The maximum absolute atomic E-state index is 13.4. The fourth-order valence-electron chi connectivity index (χ4n) is 5.67. The summed E-state index contributed by atoms with van der Waals surface area (Å²) in [4.78, 5) is 0.253. The highest BCUT2D eigenvalue weighted by Crippen LogP contribution is 2.47. The number of rotatable bonds is 5. The van der Waals surface area contributed by atoms with E-state index in [2.05, 4.69) is 16.0 Å². The fraction of sp³-hybridized carbons (Fsp3) is 0.440. The van der Waals surface area contributed by atoms with Crippen LogP contribution >= 0.6 is 0 Å².